The molecule has 1 aromatic rings. The van der Waals surface area contributed by atoms with Crippen molar-refractivity contribution in [1.82, 2.24) is 0 Å². The van der Waals surface area contributed by atoms with E-state index in [0.29, 0.717) is 22.9 Å². The number of rotatable bonds is 3. The molecule has 1 heterocycles. The molecule has 0 bridgehead atoms. The lowest BCUT2D eigenvalue weighted by molar-refractivity contribution is 0.481. The summed E-state index contributed by atoms with van der Waals surface area (Å²) in [4.78, 5) is 0. The molecule has 0 amide bonds. The van der Waals surface area contributed by atoms with Crippen LogP contribution in [0.4, 0.5) is 0 Å². The lowest BCUT2D eigenvalue weighted by Gasteiger charge is -2.16. The van der Waals surface area contributed by atoms with Crippen molar-refractivity contribution >= 4 is 33.0 Å². The Morgan fingerprint density at radius 3 is 2.61 bits per heavy atom. The van der Waals surface area contributed by atoms with Crippen LogP contribution in [0.3, 0.4) is 0 Å². The van der Waals surface area contributed by atoms with E-state index in [1.165, 1.54) is 0 Å². The van der Waals surface area contributed by atoms with Crippen LogP contribution in [0, 0.1) is 5.92 Å². The highest BCUT2D eigenvalue weighted by molar-refractivity contribution is 7.91. The van der Waals surface area contributed by atoms with E-state index < -0.39 is 9.84 Å². The Morgan fingerprint density at radius 1 is 1.33 bits per heavy atom. The van der Waals surface area contributed by atoms with Gasteiger partial charge < -0.3 is 5.73 Å². The predicted octanol–water partition coefficient (Wildman–Crippen LogP) is 2.82. The molecule has 18 heavy (non-hydrogen) atoms. The Kier molecular flexibility index (Phi) is 4.22. The standard InChI is InChI=1S/C12H15Cl2NO2S/c13-10-2-1-9(6-11(10)14)12(15)5-8-3-4-18(16,17)7-8/h1-2,6,8,12H,3-5,7,15H2. The summed E-state index contributed by atoms with van der Waals surface area (Å²) >= 11 is 11.8. The molecule has 2 atom stereocenters. The first kappa shape index (κ1) is 14.1. The van der Waals surface area contributed by atoms with Crippen molar-refractivity contribution in [2.45, 2.75) is 18.9 Å². The van der Waals surface area contributed by atoms with Gasteiger partial charge in [-0.25, -0.2) is 8.42 Å². The quantitative estimate of drug-likeness (QED) is 0.934. The third-order valence-electron chi connectivity index (χ3n) is 3.29. The van der Waals surface area contributed by atoms with Gasteiger partial charge in [-0.1, -0.05) is 29.3 Å². The highest BCUT2D eigenvalue weighted by Crippen LogP contribution is 2.30. The second kappa shape index (κ2) is 5.37. The van der Waals surface area contributed by atoms with Crippen LogP contribution in [0.5, 0.6) is 0 Å². The van der Waals surface area contributed by atoms with E-state index in [-0.39, 0.29) is 23.5 Å². The lowest BCUT2D eigenvalue weighted by atomic mass is 9.95. The molecule has 3 nitrogen and oxygen atoms in total. The average Bonchev–Trinajstić information content (AvgIpc) is 2.62. The molecular weight excluding hydrogens is 293 g/mol. The van der Waals surface area contributed by atoms with Crippen LogP contribution in [0.25, 0.3) is 0 Å². The van der Waals surface area contributed by atoms with E-state index in [4.69, 9.17) is 28.9 Å². The molecule has 1 saturated heterocycles. The van der Waals surface area contributed by atoms with Crippen LogP contribution in [0.2, 0.25) is 10.0 Å². The SMILES string of the molecule is NC(CC1CCS(=O)(=O)C1)c1ccc(Cl)c(Cl)c1. The highest BCUT2D eigenvalue weighted by atomic mass is 35.5. The molecule has 1 aromatic carbocycles. The third-order valence-corrected chi connectivity index (χ3v) is 5.86. The van der Waals surface area contributed by atoms with Gasteiger partial charge in [-0.05, 0) is 36.5 Å². The van der Waals surface area contributed by atoms with Crippen molar-refractivity contribution < 1.29 is 8.42 Å². The van der Waals surface area contributed by atoms with E-state index in [0.717, 1.165) is 5.56 Å². The summed E-state index contributed by atoms with van der Waals surface area (Å²) in [5.41, 5.74) is 6.98. The van der Waals surface area contributed by atoms with Gasteiger partial charge in [0.2, 0.25) is 0 Å². The number of hydrogen-bond donors (Lipinski definition) is 1. The summed E-state index contributed by atoms with van der Waals surface area (Å²) < 4.78 is 22.8. The predicted molar refractivity (Wildman–Crippen MR) is 74.8 cm³/mol. The summed E-state index contributed by atoms with van der Waals surface area (Å²) in [6.07, 6.45) is 1.37. The maximum atomic E-state index is 11.4. The van der Waals surface area contributed by atoms with Crippen LogP contribution < -0.4 is 5.73 Å². The minimum absolute atomic E-state index is 0.152. The lowest BCUT2D eigenvalue weighted by Crippen LogP contribution is -2.16. The summed E-state index contributed by atoms with van der Waals surface area (Å²) in [5.74, 6) is 0.688. The molecule has 0 radical (unpaired) electrons. The van der Waals surface area contributed by atoms with Gasteiger partial charge in [-0.3, -0.25) is 0 Å². The molecule has 2 N–H and O–H groups in total. The summed E-state index contributed by atoms with van der Waals surface area (Å²) in [7, 11) is -2.84. The fraction of sp³-hybridized carbons (Fsp3) is 0.500. The summed E-state index contributed by atoms with van der Waals surface area (Å²) in [5, 5.41) is 0.972. The Morgan fingerprint density at radius 2 is 2.06 bits per heavy atom. The highest BCUT2D eigenvalue weighted by Gasteiger charge is 2.29. The molecule has 0 aromatic heterocycles. The molecule has 1 aliphatic heterocycles. The second-order valence-corrected chi connectivity index (χ2v) is 7.83. The van der Waals surface area contributed by atoms with Crippen LogP contribution in [-0.2, 0) is 9.84 Å². The summed E-state index contributed by atoms with van der Waals surface area (Å²) in [6, 6.07) is 5.10. The van der Waals surface area contributed by atoms with E-state index in [9.17, 15) is 8.42 Å². The van der Waals surface area contributed by atoms with Gasteiger partial charge in [-0.2, -0.15) is 0 Å². The van der Waals surface area contributed by atoms with E-state index in [1.54, 1.807) is 12.1 Å². The maximum Gasteiger partial charge on any atom is 0.150 e. The zero-order chi connectivity index (χ0) is 13.3. The summed E-state index contributed by atoms with van der Waals surface area (Å²) in [6.45, 7) is 0. The van der Waals surface area contributed by atoms with Gasteiger partial charge in [-0.15, -0.1) is 0 Å². The largest absolute Gasteiger partial charge is 0.324 e. The average molecular weight is 308 g/mol. The molecule has 2 rings (SSSR count). The fourth-order valence-electron chi connectivity index (χ4n) is 2.30. The normalized spacial score (nSPS) is 24.1. The zero-order valence-corrected chi connectivity index (χ0v) is 12.1. The zero-order valence-electron chi connectivity index (χ0n) is 9.77. The smallest absolute Gasteiger partial charge is 0.150 e. The van der Waals surface area contributed by atoms with Crippen LogP contribution in [0.1, 0.15) is 24.4 Å². The van der Waals surface area contributed by atoms with Crippen molar-refractivity contribution in [3.63, 3.8) is 0 Å². The van der Waals surface area contributed by atoms with Crippen LogP contribution in [-0.4, -0.2) is 19.9 Å². The molecule has 100 valence electrons. The number of halogens is 2. The Bertz CT molecular complexity index is 545. The molecule has 1 fully saturated rings. The molecule has 6 heteroatoms. The number of benzene rings is 1. The first-order valence-corrected chi connectivity index (χ1v) is 8.36. The Hall–Kier alpha value is -0.290. The van der Waals surface area contributed by atoms with Gasteiger partial charge in [0.15, 0.2) is 9.84 Å². The third kappa shape index (κ3) is 3.38. The number of nitrogens with two attached hydrogens (primary N) is 1. The molecule has 1 aliphatic rings. The minimum atomic E-state index is -2.84. The molecule has 2 unspecified atom stereocenters. The van der Waals surface area contributed by atoms with Crippen molar-refractivity contribution in [2.24, 2.45) is 11.7 Å². The van der Waals surface area contributed by atoms with Crippen molar-refractivity contribution in [1.29, 1.82) is 0 Å². The van der Waals surface area contributed by atoms with Gasteiger partial charge in [0.1, 0.15) is 0 Å². The van der Waals surface area contributed by atoms with Crippen LogP contribution in [0.15, 0.2) is 18.2 Å². The van der Waals surface area contributed by atoms with Crippen LogP contribution >= 0.6 is 23.2 Å². The van der Waals surface area contributed by atoms with Crippen molar-refractivity contribution in [3.05, 3.63) is 33.8 Å². The monoisotopic (exact) mass is 307 g/mol. The topological polar surface area (TPSA) is 60.2 Å². The van der Waals surface area contributed by atoms with E-state index in [2.05, 4.69) is 0 Å². The Labute approximate surface area is 117 Å². The van der Waals surface area contributed by atoms with Gasteiger partial charge in [0.25, 0.3) is 0 Å². The number of hydrogen-bond acceptors (Lipinski definition) is 3. The van der Waals surface area contributed by atoms with Gasteiger partial charge >= 0.3 is 0 Å². The first-order chi connectivity index (χ1) is 8.37. The second-order valence-electron chi connectivity index (χ2n) is 4.78. The van der Waals surface area contributed by atoms with Crippen molar-refractivity contribution in [3.8, 4) is 0 Å². The van der Waals surface area contributed by atoms with Gasteiger partial charge in [0, 0.05) is 6.04 Å². The molecular formula is C12H15Cl2NO2S. The maximum absolute atomic E-state index is 11.4. The first-order valence-electron chi connectivity index (χ1n) is 5.78. The molecule has 0 aliphatic carbocycles. The van der Waals surface area contributed by atoms with Crippen molar-refractivity contribution in [2.75, 3.05) is 11.5 Å². The Balaban J connectivity index is 2.04. The van der Waals surface area contributed by atoms with Gasteiger partial charge in [0.05, 0.1) is 21.6 Å². The van der Waals surface area contributed by atoms with E-state index >= 15 is 0 Å². The number of sulfone groups is 1. The molecule has 0 spiro atoms. The minimum Gasteiger partial charge on any atom is -0.324 e. The molecule has 0 saturated carbocycles. The fourth-order valence-corrected chi connectivity index (χ4v) is 4.48. The van der Waals surface area contributed by atoms with E-state index in [1.807, 2.05) is 6.07 Å².